The van der Waals surface area contributed by atoms with E-state index in [1.807, 2.05) is 26.8 Å². The van der Waals surface area contributed by atoms with Crippen molar-refractivity contribution in [2.75, 3.05) is 6.54 Å². The molecule has 2 amide bonds. The fourth-order valence-electron chi connectivity index (χ4n) is 2.70. The van der Waals surface area contributed by atoms with Crippen molar-refractivity contribution in [3.05, 3.63) is 20.8 Å². The highest BCUT2D eigenvalue weighted by atomic mass is 79.9. The molecule has 2 atom stereocenters. The van der Waals surface area contributed by atoms with E-state index in [1.165, 1.54) is 4.88 Å². The van der Waals surface area contributed by atoms with Gasteiger partial charge in [0.05, 0.1) is 3.79 Å². The van der Waals surface area contributed by atoms with Gasteiger partial charge in [-0.2, -0.15) is 0 Å². The number of rotatable bonds is 5. The molecule has 2 unspecified atom stereocenters. The first-order valence-corrected chi connectivity index (χ1v) is 8.90. The summed E-state index contributed by atoms with van der Waals surface area (Å²) >= 11 is 5.12. The van der Waals surface area contributed by atoms with E-state index >= 15 is 0 Å². The van der Waals surface area contributed by atoms with Crippen LogP contribution >= 0.6 is 27.3 Å². The molecular formula is C15H21BrN2O2S. The van der Waals surface area contributed by atoms with Gasteiger partial charge in [-0.15, -0.1) is 11.3 Å². The molecule has 1 fully saturated rings. The summed E-state index contributed by atoms with van der Waals surface area (Å²) in [5.74, 6) is 0.136. The van der Waals surface area contributed by atoms with Crippen LogP contribution in [0.15, 0.2) is 15.9 Å². The summed E-state index contributed by atoms with van der Waals surface area (Å²) in [5, 5.41) is 2.84. The molecule has 0 aliphatic carbocycles. The van der Waals surface area contributed by atoms with Crippen molar-refractivity contribution in [2.45, 2.75) is 45.7 Å². The van der Waals surface area contributed by atoms with Crippen LogP contribution in [-0.4, -0.2) is 35.3 Å². The van der Waals surface area contributed by atoms with E-state index in [2.05, 4.69) is 27.3 Å². The number of carbonyl (C=O) groups excluding carboxylic acids is 2. The van der Waals surface area contributed by atoms with Gasteiger partial charge in [-0.25, -0.2) is 0 Å². The lowest BCUT2D eigenvalue weighted by Crippen LogP contribution is -2.64. The second-order valence-corrected chi connectivity index (χ2v) is 8.19. The van der Waals surface area contributed by atoms with Gasteiger partial charge < -0.3 is 10.2 Å². The van der Waals surface area contributed by atoms with Gasteiger partial charge >= 0.3 is 0 Å². The summed E-state index contributed by atoms with van der Waals surface area (Å²) in [4.78, 5) is 27.8. The summed E-state index contributed by atoms with van der Waals surface area (Å²) in [7, 11) is 0. The van der Waals surface area contributed by atoms with Crippen molar-refractivity contribution < 1.29 is 9.59 Å². The predicted molar refractivity (Wildman–Crippen MR) is 88.3 cm³/mol. The Morgan fingerprint density at radius 3 is 2.62 bits per heavy atom. The lowest BCUT2D eigenvalue weighted by Gasteiger charge is -2.40. The smallest absolute Gasteiger partial charge is 0.245 e. The van der Waals surface area contributed by atoms with Crippen molar-refractivity contribution in [3.8, 4) is 0 Å². The second kappa shape index (κ2) is 6.92. The number of hydrogen-bond donors (Lipinski definition) is 1. The van der Waals surface area contributed by atoms with Crippen LogP contribution in [-0.2, 0) is 16.0 Å². The van der Waals surface area contributed by atoms with Crippen LogP contribution in [0.1, 0.15) is 32.1 Å². The first-order valence-electron chi connectivity index (χ1n) is 7.29. The Hall–Kier alpha value is -0.880. The fraction of sp³-hybridized carbons (Fsp3) is 0.600. The van der Waals surface area contributed by atoms with Gasteiger partial charge in [0.2, 0.25) is 11.8 Å². The third kappa shape index (κ3) is 3.66. The number of nitrogens with one attached hydrogen (secondary N) is 1. The average molecular weight is 373 g/mol. The van der Waals surface area contributed by atoms with Crippen LogP contribution in [0.3, 0.4) is 0 Å². The molecule has 1 aliphatic rings. The van der Waals surface area contributed by atoms with Crippen molar-refractivity contribution in [2.24, 2.45) is 5.92 Å². The Labute approximate surface area is 138 Å². The molecule has 0 spiro atoms. The van der Waals surface area contributed by atoms with E-state index in [0.29, 0.717) is 13.0 Å². The molecule has 0 radical (unpaired) electrons. The molecular weight excluding hydrogens is 352 g/mol. The van der Waals surface area contributed by atoms with Crippen LogP contribution in [0, 0.1) is 5.92 Å². The number of halogens is 1. The Morgan fingerprint density at radius 1 is 1.38 bits per heavy atom. The van der Waals surface area contributed by atoms with Crippen LogP contribution in [0.4, 0.5) is 0 Å². The fourth-order valence-corrected chi connectivity index (χ4v) is 4.17. The van der Waals surface area contributed by atoms with Crippen LogP contribution in [0.2, 0.25) is 0 Å². The molecule has 116 valence electrons. The topological polar surface area (TPSA) is 49.4 Å². The Bertz CT molecular complexity index is 529. The van der Waals surface area contributed by atoms with Crippen molar-refractivity contribution in [3.63, 3.8) is 0 Å². The number of amides is 2. The Kier molecular flexibility index (Phi) is 5.43. The lowest BCUT2D eigenvalue weighted by atomic mass is 9.96. The second-order valence-electron chi connectivity index (χ2n) is 5.65. The maximum atomic E-state index is 12.5. The largest absolute Gasteiger partial charge is 0.343 e. The first-order chi connectivity index (χ1) is 9.93. The minimum atomic E-state index is -0.373. The van der Waals surface area contributed by atoms with Gasteiger partial charge in [0.15, 0.2) is 0 Å². The van der Waals surface area contributed by atoms with Crippen LogP contribution < -0.4 is 5.32 Å². The molecule has 1 saturated heterocycles. The zero-order valence-corrected chi connectivity index (χ0v) is 15.0. The maximum absolute atomic E-state index is 12.5. The summed E-state index contributed by atoms with van der Waals surface area (Å²) in [6, 6.07) is 3.34. The van der Waals surface area contributed by atoms with E-state index in [9.17, 15) is 9.59 Å². The molecule has 0 aromatic carbocycles. The number of piperazine rings is 1. The van der Waals surface area contributed by atoms with Crippen LogP contribution in [0.25, 0.3) is 0 Å². The number of hydrogen-bond acceptors (Lipinski definition) is 3. The van der Waals surface area contributed by atoms with Gasteiger partial charge in [-0.3, -0.25) is 9.59 Å². The van der Waals surface area contributed by atoms with Crippen molar-refractivity contribution >= 4 is 39.1 Å². The van der Waals surface area contributed by atoms with Crippen molar-refractivity contribution in [1.29, 1.82) is 0 Å². The minimum absolute atomic E-state index is 0.0242. The first kappa shape index (κ1) is 16.5. The van der Waals surface area contributed by atoms with Gasteiger partial charge in [-0.1, -0.05) is 20.8 Å². The minimum Gasteiger partial charge on any atom is -0.343 e. The molecule has 1 aliphatic heterocycles. The van der Waals surface area contributed by atoms with E-state index in [1.54, 1.807) is 16.2 Å². The van der Waals surface area contributed by atoms with Gasteiger partial charge in [0, 0.05) is 11.4 Å². The van der Waals surface area contributed by atoms with E-state index < -0.39 is 0 Å². The molecule has 21 heavy (non-hydrogen) atoms. The average Bonchev–Trinajstić information content (AvgIpc) is 2.84. The predicted octanol–water partition coefficient (Wildman–Crippen LogP) is 2.81. The van der Waals surface area contributed by atoms with Crippen molar-refractivity contribution in [1.82, 2.24) is 10.2 Å². The number of carbonyl (C=O) groups is 2. The van der Waals surface area contributed by atoms with E-state index in [-0.39, 0.29) is 29.8 Å². The maximum Gasteiger partial charge on any atom is 0.245 e. The third-order valence-corrected chi connectivity index (χ3v) is 5.45. The highest BCUT2D eigenvalue weighted by molar-refractivity contribution is 9.11. The monoisotopic (exact) mass is 372 g/mol. The molecule has 2 heterocycles. The van der Waals surface area contributed by atoms with Gasteiger partial charge in [0.1, 0.15) is 12.1 Å². The molecule has 6 heteroatoms. The van der Waals surface area contributed by atoms with Crippen LogP contribution in [0.5, 0.6) is 0 Å². The molecule has 0 bridgehead atoms. The van der Waals surface area contributed by atoms with Gasteiger partial charge in [-0.05, 0) is 46.8 Å². The molecule has 1 N–H and O–H groups in total. The summed E-state index contributed by atoms with van der Waals surface area (Å²) in [5.41, 5.74) is 0. The Balaban J connectivity index is 2.13. The lowest BCUT2D eigenvalue weighted by molar-refractivity contribution is -0.151. The highest BCUT2D eigenvalue weighted by Gasteiger charge is 2.40. The molecule has 2 rings (SSSR count). The van der Waals surface area contributed by atoms with Gasteiger partial charge in [0.25, 0.3) is 0 Å². The molecule has 0 saturated carbocycles. The standard InChI is InChI=1S/C15H21BrN2O2S/c1-4-11-15(20)18(13(9(2)3)14(19)17-11)8-7-10-5-6-12(16)21-10/h5-6,9,11,13H,4,7-8H2,1-3H3,(H,17,19). The quantitative estimate of drug-likeness (QED) is 0.863. The zero-order chi connectivity index (χ0) is 15.6. The summed E-state index contributed by atoms with van der Waals surface area (Å²) in [6.45, 7) is 6.49. The number of thiophene rings is 1. The normalized spacial score (nSPS) is 22.8. The van der Waals surface area contributed by atoms with E-state index in [0.717, 1.165) is 10.2 Å². The molecule has 1 aromatic rings. The summed E-state index contributed by atoms with van der Waals surface area (Å²) < 4.78 is 1.09. The zero-order valence-electron chi connectivity index (χ0n) is 12.6. The number of nitrogens with zero attached hydrogens (tertiary/aromatic N) is 1. The molecule has 1 aromatic heterocycles. The highest BCUT2D eigenvalue weighted by Crippen LogP contribution is 2.24. The molecule has 4 nitrogen and oxygen atoms in total. The third-order valence-electron chi connectivity index (χ3n) is 3.77. The Morgan fingerprint density at radius 2 is 2.10 bits per heavy atom. The SMILES string of the molecule is CCC1NC(=O)C(C(C)C)N(CCc2ccc(Br)s2)C1=O. The summed E-state index contributed by atoms with van der Waals surface area (Å²) in [6.07, 6.45) is 1.42. The van der Waals surface area contributed by atoms with E-state index in [4.69, 9.17) is 0 Å².